The van der Waals surface area contributed by atoms with Crippen molar-refractivity contribution in [3.8, 4) is 0 Å². The van der Waals surface area contributed by atoms with Gasteiger partial charge in [0, 0.05) is 17.4 Å². The minimum Gasteiger partial charge on any atom is -0.399 e. The number of pyridine rings is 1. The van der Waals surface area contributed by atoms with Crippen LogP contribution < -0.4 is 5.46 Å². The highest BCUT2D eigenvalue weighted by Crippen LogP contribution is 2.36. The van der Waals surface area contributed by atoms with Crippen LogP contribution in [0, 0.1) is 12.8 Å². The van der Waals surface area contributed by atoms with Crippen LogP contribution in [0.2, 0.25) is 0 Å². The number of hydrogen-bond donors (Lipinski definition) is 0. The van der Waals surface area contributed by atoms with Crippen molar-refractivity contribution in [1.29, 1.82) is 0 Å². The van der Waals surface area contributed by atoms with Crippen molar-refractivity contribution in [3.63, 3.8) is 0 Å². The van der Waals surface area contributed by atoms with Crippen LogP contribution in [-0.4, -0.2) is 23.3 Å². The maximum absolute atomic E-state index is 6.09. The Morgan fingerprint density at radius 1 is 1.15 bits per heavy atom. The number of nitrogens with zero attached hydrogens (tertiary/aromatic N) is 1. The van der Waals surface area contributed by atoms with Gasteiger partial charge in [-0.2, -0.15) is 0 Å². The van der Waals surface area contributed by atoms with Crippen molar-refractivity contribution in [3.05, 3.63) is 23.5 Å². The Morgan fingerprint density at radius 2 is 1.70 bits per heavy atom. The minimum absolute atomic E-state index is 0.305. The molecule has 110 valence electrons. The van der Waals surface area contributed by atoms with Gasteiger partial charge in [0.1, 0.15) is 0 Å². The molecule has 0 unspecified atom stereocenters. The van der Waals surface area contributed by atoms with Gasteiger partial charge in [0.15, 0.2) is 0 Å². The van der Waals surface area contributed by atoms with E-state index in [9.17, 15) is 0 Å². The molecule has 20 heavy (non-hydrogen) atoms. The van der Waals surface area contributed by atoms with Crippen LogP contribution in [0.25, 0.3) is 0 Å². The molecule has 0 spiro atoms. The normalized spacial score (nSPS) is 20.7. The summed E-state index contributed by atoms with van der Waals surface area (Å²) in [4.78, 5) is 4.56. The van der Waals surface area contributed by atoms with Crippen LogP contribution in [0.5, 0.6) is 0 Å². The van der Waals surface area contributed by atoms with E-state index in [1.54, 1.807) is 0 Å². The van der Waals surface area contributed by atoms with E-state index < -0.39 is 0 Å². The van der Waals surface area contributed by atoms with Crippen molar-refractivity contribution in [2.75, 3.05) is 0 Å². The molecule has 0 amide bonds. The van der Waals surface area contributed by atoms with Gasteiger partial charge in [0.25, 0.3) is 0 Å². The number of aromatic nitrogens is 1. The zero-order valence-corrected chi connectivity index (χ0v) is 13.8. The van der Waals surface area contributed by atoms with E-state index in [0.717, 1.165) is 17.6 Å². The molecular formula is C16H26BNO2. The smallest absolute Gasteiger partial charge is 0.399 e. The second-order valence-corrected chi connectivity index (χ2v) is 7.22. The number of rotatable bonds is 3. The van der Waals surface area contributed by atoms with Crippen molar-refractivity contribution < 1.29 is 9.31 Å². The highest BCUT2D eigenvalue weighted by Gasteiger charge is 2.52. The van der Waals surface area contributed by atoms with Crippen LogP contribution in [0.1, 0.15) is 52.8 Å². The standard InChI is InChI=1S/C16H26BNO2/c1-11(2)8-13-9-12(3)14(10-18-13)17-19-15(4,5)16(6,7)20-17/h9-11H,8H2,1-7H3. The Bertz CT molecular complexity index is 481. The molecule has 1 aromatic rings. The van der Waals surface area contributed by atoms with Gasteiger partial charge in [-0.25, -0.2) is 0 Å². The monoisotopic (exact) mass is 275 g/mol. The first-order valence-corrected chi connectivity index (χ1v) is 7.43. The predicted octanol–water partition coefficient (Wildman–Crippen LogP) is 2.89. The van der Waals surface area contributed by atoms with Crippen LogP contribution in [-0.2, 0) is 15.7 Å². The Hall–Kier alpha value is -0.865. The summed E-state index contributed by atoms with van der Waals surface area (Å²) in [6.07, 6.45) is 2.92. The summed E-state index contributed by atoms with van der Waals surface area (Å²) in [5.74, 6) is 0.615. The Kier molecular flexibility index (Phi) is 4.00. The van der Waals surface area contributed by atoms with Crippen LogP contribution in [0.15, 0.2) is 12.3 Å². The number of hydrogen-bond acceptors (Lipinski definition) is 3. The van der Waals surface area contributed by atoms with Gasteiger partial charge >= 0.3 is 7.12 Å². The van der Waals surface area contributed by atoms with Crippen LogP contribution in [0.3, 0.4) is 0 Å². The molecule has 0 atom stereocenters. The first-order valence-electron chi connectivity index (χ1n) is 7.43. The molecule has 1 aromatic heterocycles. The van der Waals surface area contributed by atoms with E-state index in [-0.39, 0.29) is 18.3 Å². The lowest BCUT2D eigenvalue weighted by molar-refractivity contribution is 0.00578. The van der Waals surface area contributed by atoms with Crippen molar-refractivity contribution in [2.24, 2.45) is 5.92 Å². The highest BCUT2D eigenvalue weighted by atomic mass is 16.7. The molecule has 1 saturated heterocycles. The average molecular weight is 275 g/mol. The molecule has 4 heteroatoms. The average Bonchev–Trinajstić information content (AvgIpc) is 2.46. The van der Waals surface area contributed by atoms with E-state index in [1.807, 2.05) is 6.20 Å². The summed E-state index contributed by atoms with van der Waals surface area (Å²) in [5.41, 5.74) is 2.75. The molecule has 0 aliphatic carbocycles. The van der Waals surface area contributed by atoms with Gasteiger partial charge in [-0.3, -0.25) is 4.98 Å². The summed E-state index contributed by atoms with van der Waals surface area (Å²) >= 11 is 0. The Morgan fingerprint density at radius 3 is 2.15 bits per heavy atom. The summed E-state index contributed by atoms with van der Waals surface area (Å²) in [7, 11) is -0.319. The van der Waals surface area contributed by atoms with Crippen molar-refractivity contribution in [2.45, 2.75) is 66.1 Å². The molecular weight excluding hydrogens is 249 g/mol. The summed E-state index contributed by atoms with van der Waals surface area (Å²) in [6.45, 7) is 14.8. The summed E-state index contributed by atoms with van der Waals surface area (Å²) in [6, 6.07) is 2.15. The van der Waals surface area contributed by atoms with Gasteiger partial charge in [-0.05, 0) is 58.6 Å². The molecule has 0 bridgehead atoms. The molecule has 0 saturated carbocycles. The lowest BCUT2D eigenvalue weighted by Gasteiger charge is -2.32. The van der Waals surface area contributed by atoms with Crippen LogP contribution >= 0.6 is 0 Å². The van der Waals surface area contributed by atoms with E-state index in [2.05, 4.69) is 59.5 Å². The highest BCUT2D eigenvalue weighted by molar-refractivity contribution is 6.62. The third-order valence-corrected chi connectivity index (χ3v) is 4.33. The Labute approximate surface area is 123 Å². The third-order valence-electron chi connectivity index (χ3n) is 4.33. The summed E-state index contributed by atoms with van der Waals surface area (Å²) < 4.78 is 12.2. The topological polar surface area (TPSA) is 31.4 Å². The first kappa shape index (κ1) is 15.5. The quantitative estimate of drug-likeness (QED) is 0.795. The van der Waals surface area contributed by atoms with Gasteiger partial charge in [0.05, 0.1) is 11.2 Å². The van der Waals surface area contributed by atoms with Crippen molar-refractivity contribution in [1.82, 2.24) is 4.98 Å². The predicted molar refractivity (Wildman–Crippen MR) is 83.2 cm³/mol. The molecule has 0 aromatic carbocycles. The second kappa shape index (κ2) is 5.16. The largest absolute Gasteiger partial charge is 0.496 e. The molecule has 1 aliphatic rings. The fourth-order valence-electron chi connectivity index (χ4n) is 2.37. The molecule has 1 aliphatic heterocycles. The lowest BCUT2D eigenvalue weighted by Crippen LogP contribution is -2.41. The van der Waals surface area contributed by atoms with E-state index >= 15 is 0 Å². The van der Waals surface area contributed by atoms with Crippen LogP contribution in [0.4, 0.5) is 0 Å². The SMILES string of the molecule is Cc1cc(CC(C)C)ncc1B1OC(C)(C)C(C)(C)O1. The van der Waals surface area contributed by atoms with Gasteiger partial charge in [-0.1, -0.05) is 13.8 Å². The van der Waals surface area contributed by atoms with Gasteiger partial charge in [-0.15, -0.1) is 0 Å². The zero-order valence-electron chi connectivity index (χ0n) is 13.8. The zero-order chi connectivity index (χ0) is 15.1. The lowest BCUT2D eigenvalue weighted by atomic mass is 9.77. The molecule has 0 radical (unpaired) electrons. The maximum atomic E-state index is 6.09. The van der Waals surface area contributed by atoms with E-state index in [1.165, 1.54) is 5.56 Å². The van der Waals surface area contributed by atoms with E-state index in [0.29, 0.717) is 5.92 Å². The molecule has 2 heterocycles. The fraction of sp³-hybridized carbons (Fsp3) is 0.688. The third kappa shape index (κ3) is 2.91. The molecule has 2 rings (SSSR count). The van der Waals surface area contributed by atoms with E-state index in [4.69, 9.17) is 9.31 Å². The Balaban J connectivity index is 2.23. The number of aryl methyl sites for hydroxylation is 1. The van der Waals surface area contributed by atoms with Gasteiger partial charge in [0.2, 0.25) is 0 Å². The molecule has 1 fully saturated rings. The van der Waals surface area contributed by atoms with Gasteiger partial charge < -0.3 is 9.31 Å². The second-order valence-electron chi connectivity index (χ2n) is 7.22. The minimum atomic E-state index is -0.319. The first-order chi connectivity index (χ1) is 9.12. The maximum Gasteiger partial charge on any atom is 0.496 e. The van der Waals surface area contributed by atoms with Crippen molar-refractivity contribution >= 4 is 12.6 Å². The summed E-state index contributed by atoms with van der Waals surface area (Å²) in [5, 5.41) is 0. The molecule has 0 N–H and O–H groups in total. The fourth-order valence-corrected chi connectivity index (χ4v) is 2.37. The molecule has 3 nitrogen and oxygen atoms in total.